The monoisotopic (exact) mass is 243 g/mol. The van der Waals surface area contributed by atoms with Gasteiger partial charge in [-0.2, -0.15) is 0 Å². The van der Waals surface area contributed by atoms with Crippen LogP contribution in [0.5, 0.6) is 0 Å². The predicted octanol–water partition coefficient (Wildman–Crippen LogP) is 3.27. The summed E-state index contributed by atoms with van der Waals surface area (Å²) in [6.07, 6.45) is 5.95. The van der Waals surface area contributed by atoms with Crippen LogP contribution in [0, 0.1) is 5.92 Å². The molecule has 1 aliphatic heterocycles. The van der Waals surface area contributed by atoms with Gasteiger partial charge >= 0.3 is 0 Å². The van der Waals surface area contributed by atoms with Crippen LogP contribution in [0.2, 0.25) is 0 Å². The lowest BCUT2D eigenvalue weighted by Crippen LogP contribution is -2.36. The van der Waals surface area contributed by atoms with E-state index in [0.717, 1.165) is 24.9 Å². The molecule has 2 aliphatic rings. The average molecular weight is 243 g/mol. The van der Waals surface area contributed by atoms with Crippen LogP contribution >= 0.6 is 0 Å². The van der Waals surface area contributed by atoms with E-state index in [-0.39, 0.29) is 0 Å². The van der Waals surface area contributed by atoms with Gasteiger partial charge < -0.3 is 0 Å². The highest BCUT2D eigenvalue weighted by Crippen LogP contribution is 2.29. The molecule has 0 spiro atoms. The number of carbonyl (C=O) groups is 1. The summed E-state index contributed by atoms with van der Waals surface area (Å²) >= 11 is 0. The number of rotatable bonds is 4. The fourth-order valence-electron chi connectivity index (χ4n) is 3.09. The van der Waals surface area contributed by atoms with Gasteiger partial charge in [0.05, 0.1) is 0 Å². The molecule has 0 amide bonds. The zero-order chi connectivity index (χ0) is 12.4. The van der Waals surface area contributed by atoms with E-state index in [1.807, 2.05) is 12.1 Å². The van der Waals surface area contributed by atoms with E-state index >= 15 is 0 Å². The zero-order valence-corrected chi connectivity index (χ0v) is 10.9. The lowest BCUT2D eigenvalue weighted by molar-refractivity contribution is 0.0919. The van der Waals surface area contributed by atoms with E-state index in [1.54, 1.807) is 0 Å². The highest BCUT2D eigenvalue weighted by molar-refractivity contribution is 5.99. The first-order valence-corrected chi connectivity index (χ1v) is 7.19. The minimum Gasteiger partial charge on any atom is -0.299 e. The van der Waals surface area contributed by atoms with Crippen molar-refractivity contribution in [2.75, 3.05) is 13.1 Å². The van der Waals surface area contributed by atoms with Crippen LogP contribution in [0.25, 0.3) is 0 Å². The minimum absolute atomic E-state index is 0.294. The fourth-order valence-corrected chi connectivity index (χ4v) is 3.09. The van der Waals surface area contributed by atoms with Crippen molar-refractivity contribution >= 4 is 5.78 Å². The van der Waals surface area contributed by atoms with Crippen molar-refractivity contribution < 1.29 is 4.79 Å². The number of ketones is 1. The Labute approximate surface area is 109 Å². The Morgan fingerprint density at radius 3 is 2.50 bits per heavy atom. The molecule has 0 atom stereocenters. The SMILES string of the molecule is O=C(c1ccccc1CN1CCC1)C1CCCC1. The number of likely N-dealkylation sites (tertiary alicyclic amines) is 1. The van der Waals surface area contributed by atoms with Crippen LogP contribution in [0.3, 0.4) is 0 Å². The molecule has 3 rings (SSSR count). The Bertz CT molecular complexity index is 430. The molecular formula is C16H21NO. The lowest BCUT2D eigenvalue weighted by Gasteiger charge is -2.31. The predicted molar refractivity (Wildman–Crippen MR) is 72.6 cm³/mol. The van der Waals surface area contributed by atoms with E-state index in [1.165, 1.54) is 37.9 Å². The van der Waals surface area contributed by atoms with Gasteiger partial charge in [-0.15, -0.1) is 0 Å². The molecule has 2 nitrogen and oxygen atoms in total. The summed E-state index contributed by atoms with van der Waals surface area (Å²) in [6.45, 7) is 3.33. The lowest BCUT2D eigenvalue weighted by atomic mass is 9.92. The van der Waals surface area contributed by atoms with Crippen molar-refractivity contribution in [1.82, 2.24) is 4.90 Å². The topological polar surface area (TPSA) is 20.3 Å². The minimum atomic E-state index is 0.294. The van der Waals surface area contributed by atoms with Crippen molar-refractivity contribution in [3.8, 4) is 0 Å². The van der Waals surface area contributed by atoms with Crippen LogP contribution < -0.4 is 0 Å². The third kappa shape index (κ3) is 2.35. The quantitative estimate of drug-likeness (QED) is 0.756. The maximum Gasteiger partial charge on any atom is 0.166 e. The van der Waals surface area contributed by atoms with Crippen LogP contribution in [0.15, 0.2) is 24.3 Å². The molecule has 0 N–H and O–H groups in total. The summed E-state index contributed by atoms with van der Waals surface area (Å²) in [5.74, 6) is 0.686. The Morgan fingerprint density at radius 1 is 1.11 bits per heavy atom. The summed E-state index contributed by atoms with van der Waals surface area (Å²) < 4.78 is 0. The Hall–Kier alpha value is -1.15. The zero-order valence-electron chi connectivity index (χ0n) is 10.9. The van der Waals surface area contributed by atoms with Gasteiger partial charge in [0.15, 0.2) is 5.78 Å². The number of Topliss-reactive ketones (excluding diaryl/α,β-unsaturated/α-hetero) is 1. The van der Waals surface area contributed by atoms with Gasteiger partial charge in [0.1, 0.15) is 0 Å². The highest BCUT2D eigenvalue weighted by atomic mass is 16.1. The van der Waals surface area contributed by atoms with Gasteiger partial charge in [0.2, 0.25) is 0 Å². The molecule has 1 saturated heterocycles. The first-order valence-electron chi connectivity index (χ1n) is 7.19. The molecule has 0 radical (unpaired) electrons. The van der Waals surface area contributed by atoms with Crippen LogP contribution in [0.4, 0.5) is 0 Å². The standard InChI is InChI=1S/C16H21NO/c18-16(13-6-1-2-7-13)15-9-4-3-8-14(15)12-17-10-5-11-17/h3-4,8-9,13H,1-2,5-7,10-12H2. The third-order valence-corrected chi connectivity index (χ3v) is 4.35. The summed E-state index contributed by atoms with van der Waals surface area (Å²) in [4.78, 5) is 15.0. The number of carbonyl (C=O) groups excluding carboxylic acids is 1. The van der Waals surface area contributed by atoms with Crippen molar-refractivity contribution in [2.24, 2.45) is 5.92 Å². The molecule has 1 aromatic rings. The first-order chi connectivity index (χ1) is 8.84. The Balaban J connectivity index is 1.78. The molecule has 1 heterocycles. The molecule has 1 aliphatic carbocycles. The largest absolute Gasteiger partial charge is 0.299 e. The van der Waals surface area contributed by atoms with Crippen molar-refractivity contribution in [3.63, 3.8) is 0 Å². The molecule has 0 bridgehead atoms. The number of nitrogens with zero attached hydrogens (tertiary/aromatic N) is 1. The second-order valence-electron chi connectivity index (χ2n) is 5.63. The van der Waals surface area contributed by atoms with Gasteiger partial charge in [-0.3, -0.25) is 9.69 Å². The maximum atomic E-state index is 12.5. The van der Waals surface area contributed by atoms with Gasteiger partial charge in [0, 0.05) is 18.0 Å². The number of benzene rings is 1. The summed E-state index contributed by atoms with van der Waals surface area (Å²) in [5, 5.41) is 0. The Kier molecular flexibility index (Phi) is 3.46. The van der Waals surface area contributed by atoms with Crippen molar-refractivity contribution in [1.29, 1.82) is 0 Å². The first kappa shape index (κ1) is 11.9. The third-order valence-electron chi connectivity index (χ3n) is 4.35. The summed E-state index contributed by atoms with van der Waals surface area (Å²) in [6, 6.07) is 8.21. The second kappa shape index (κ2) is 5.23. The van der Waals surface area contributed by atoms with Crippen LogP contribution in [-0.2, 0) is 6.54 Å². The molecule has 2 fully saturated rings. The van der Waals surface area contributed by atoms with E-state index in [9.17, 15) is 4.79 Å². The Morgan fingerprint density at radius 2 is 1.83 bits per heavy atom. The van der Waals surface area contributed by atoms with Gasteiger partial charge in [-0.25, -0.2) is 0 Å². The molecule has 0 unspecified atom stereocenters. The second-order valence-corrected chi connectivity index (χ2v) is 5.63. The van der Waals surface area contributed by atoms with E-state index < -0.39 is 0 Å². The van der Waals surface area contributed by atoms with Crippen molar-refractivity contribution in [3.05, 3.63) is 35.4 Å². The van der Waals surface area contributed by atoms with Crippen LogP contribution in [-0.4, -0.2) is 23.8 Å². The smallest absolute Gasteiger partial charge is 0.166 e. The highest BCUT2D eigenvalue weighted by Gasteiger charge is 2.26. The van der Waals surface area contributed by atoms with E-state index in [2.05, 4.69) is 17.0 Å². The number of hydrogen-bond donors (Lipinski definition) is 0. The fraction of sp³-hybridized carbons (Fsp3) is 0.562. The molecule has 1 aromatic carbocycles. The normalized spacial score (nSPS) is 20.9. The molecular weight excluding hydrogens is 222 g/mol. The van der Waals surface area contributed by atoms with Gasteiger partial charge in [-0.1, -0.05) is 37.1 Å². The maximum absolute atomic E-state index is 12.5. The van der Waals surface area contributed by atoms with E-state index in [4.69, 9.17) is 0 Å². The van der Waals surface area contributed by atoms with E-state index in [0.29, 0.717) is 11.7 Å². The molecule has 1 saturated carbocycles. The van der Waals surface area contributed by atoms with Gasteiger partial charge in [0.25, 0.3) is 0 Å². The van der Waals surface area contributed by atoms with Crippen LogP contribution in [0.1, 0.15) is 48.0 Å². The van der Waals surface area contributed by atoms with Crippen molar-refractivity contribution in [2.45, 2.75) is 38.6 Å². The molecule has 0 aromatic heterocycles. The molecule has 96 valence electrons. The average Bonchev–Trinajstić information content (AvgIpc) is 2.87. The number of hydrogen-bond acceptors (Lipinski definition) is 2. The molecule has 2 heteroatoms. The summed E-state index contributed by atoms with van der Waals surface area (Å²) in [5.41, 5.74) is 2.21. The van der Waals surface area contributed by atoms with Gasteiger partial charge in [-0.05, 0) is 37.9 Å². The molecule has 18 heavy (non-hydrogen) atoms. The summed E-state index contributed by atoms with van der Waals surface area (Å²) in [7, 11) is 0.